The first-order valence-corrected chi connectivity index (χ1v) is 8.97. The van der Waals surface area contributed by atoms with Crippen molar-refractivity contribution >= 4 is 6.03 Å². The van der Waals surface area contributed by atoms with E-state index in [1.165, 1.54) is 0 Å². The van der Waals surface area contributed by atoms with Crippen LogP contribution in [0.15, 0.2) is 24.3 Å². The molecule has 0 bridgehead atoms. The van der Waals surface area contributed by atoms with Gasteiger partial charge in [-0.05, 0) is 44.0 Å². The number of amides is 2. The predicted molar refractivity (Wildman–Crippen MR) is 96.9 cm³/mol. The van der Waals surface area contributed by atoms with Crippen molar-refractivity contribution in [3.8, 4) is 5.75 Å². The SMILES string of the molecule is COCC(NC(=O)N1CCC12CCN(C)CC2)c1cccc(OC)c1. The normalized spacial score (nSPS) is 20.8. The van der Waals surface area contributed by atoms with E-state index in [9.17, 15) is 4.79 Å². The van der Waals surface area contributed by atoms with Gasteiger partial charge in [0.2, 0.25) is 0 Å². The average Bonchev–Trinajstić information content (AvgIpc) is 2.61. The molecule has 6 nitrogen and oxygen atoms in total. The lowest BCUT2D eigenvalue weighted by atomic mass is 9.76. The minimum absolute atomic E-state index is 0.0145. The fourth-order valence-electron chi connectivity index (χ4n) is 3.88. The van der Waals surface area contributed by atoms with E-state index in [0.29, 0.717) is 6.61 Å². The van der Waals surface area contributed by atoms with Gasteiger partial charge in [-0.2, -0.15) is 0 Å². The Labute approximate surface area is 150 Å². The zero-order chi connectivity index (χ0) is 17.9. The molecule has 2 aliphatic rings. The standard InChI is InChI=1S/C19H29N3O3/c1-21-10-7-19(8-11-21)9-12-22(19)18(23)20-17(14-24-2)15-5-4-6-16(13-15)25-3/h4-6,13,17H,7-12,14H2,1-3H3,(H,20,23). The summed E-state index contributed by atoms with van der Waals surface area (Å²) in [4.78, 5) is 17.3. The van der Waals surface area contributed by atoms with Crippen molar-refractivity contribution in [2.24, 2.45) is 0 Å². The van der Waals surface area contributed by atoms with Gasteiger partial charge in [0.1, 0.15) is 5.75 Å². The Bertz CT molecular complexity index is 599. The molecule has 0 radical (unpaired) electrons. The third-order valence-corrected chi connectivity index (χ3v) is 5.66. The van der Waals surface area contributed by atoms with Crippen LogP contribution in [0.25, 0.3) is 0 Å². The fraction of sp³-hybridized carbons (Fsp3) is 0.632. The summed E-state index contributed by atoms with van der Waals surface area (Å²) < 4.78 is 10.6. The van der Waals surface area contributed by atoms with Gasteiger partial charge < -0.3 is 24.6 Å². The van der Waals surface area contributed by atoms with Crippen molar-refractivity contribution in [2.75, 3.05) is 47.5 Å². The molecule has 0 aliphatic carbocycles. The summed E-state index contributed by atoms with van der Waals surface area (Å²) in [5, 5.41) is 3.16. The lowest BCUT2D eigenvalue weighted by Crippen LogP contribution is -2.67. The quantitative estimate of drug-likeness (QED) is 0.888. The van der Waals surface area contributed by atoms with Gasteiger partial charge in [0.25, 0.3) is 0 Å². The molecule has 25 heavy (non-hydrogen) atoms. The Balaban J connectivity index is 1.68. The van der Waals surface area contributed by atoms with E-state index in [2.05, 4.69) is 17.3 Å². The number of rotatable bonds is 5. The zero-order valence-electron chi connectivity index (χ0n) is 15.5. The summed E-state index contributed by atoms with van der Waals surface area (Å²) in [5.41, 5.74) is 1.05. The first-order valence-electron chi connectivity index (χ1n) is 8.97. The average molecular weight is 347 g/mol. The Morgan fingerprint density at radius 1 is 1.24 bits per heavy atom. The molecule has 1 atom stereocenters. The third-order valence-electron chi connectivity index (χ3n) is 5.66. The molecule has 1 spiro atoms. The van der Waals surface area contributed by atoms with E-state index in [1.54, 1.807) is 14.2 Å². The highest BCUT2D eigenvalue weighted by Gasteiger charge is 2.48. The molecule has 1 N–H and O–H groups in total. The number of nitrogens with one attached hydrogen (secondary N) is 1. The number of urea groups is 1. The number of carbonyl (C=O) groups is 1. The van der Waals surface area contributed by atoms with Crippen LogP contribution in [0, 0.1) is 0 Å². The highest BCUT2D eigenvalue weighted by Crippen LogP contribution is 2.39. The largest absolute Gasteiger partial charge is 0.497 e. The second-order valence-electron chi connectivity index (χ2n) is 7.16. The second-order valence-corrected chi connectivity index (χ2v) is 7.16. The fourth-order valence-corrected chi connectivity index (χ4v) is 3.88. The summed E-state index contributed by atoms with van der Waals surface area (Å²) >= 11 is 0. The monoisotopic (exact) mass is 347 g/mol. The highest BCUT2D eigenvalue weighted by atomic mass is 16.5. The van der Waals surface area contributed by atoms with Gasteiger partial charge >= 0.3 is 6.03 Å². The first-order chi connectivity index (χ1) is 12.1. The Hall–Kier alpha value is -1.79. The lowest BCUT2D eigenvalue weighted by Gasteiger charge is -2.56. The van der Waals surface area contributed by atoms with Crippen LogP contribution in [0.1, 0.15) is 30.9 Å². The van der Waals surface area contributed by atoms with E-state index >= 15 is 0 Å². The molecule has 0 aromatic heterocycles. The molecule has 138 valence electrons. The van der Waals surface area contributed by atoms with Crippen LogP contribution in [-0.2, 0) is 4.74 Å². The van der Waals surface area contributed by atoms with E-state index < -0.39 is 0 Å². The molecule has 3 rings (SSSR count). The van der Waals surface area contributed by atoms with E-state index in [4.69, 9.17) is 9.47 Å². The van der Waals surface area contributed by atoms with Gasteiger partial charge in [-0.1, -0.05) is 12.1 Å². The predicted octanol–water partition coefficient (Wildman–Crippen LogP) is 2.26. The lowest BCUT2D eigenvalue weighted by molar-refractivity contribution is -0.0226. The number of carbonyl (C=O) groups excluding carboxylic acids is 1. The minimum atomic E-state index is -0.184. The summed E-state index contributed by atoms with van der Waals surface area (Å²) in [6, 6.07) is 7.61. The van der Waals surface area contributed by atoms with Crippen LogP contribution in [0.3, 0.4) is 0 Å². The molecule has 1 aromatic carbocycles. The molecule has 2 heterocycles. The third kappa shape index (κ3) is 3.75. The summed E-state index contributed by atoms with van der Waals surface area (Å²) in [6.45, 7) is 3.39. The van der Waals surface area contributed by atoms with Gasteiger partial charge in [-0.3, -0.25) is 0 Å². The number of hydrogen-bond donors (Lipinski definition) is 1. The van der Waals surface area contributed by atoms with Crippen molar-refractivity contribution in [3.63, 3.8) is 0 Å². The number of hydrogen-bond acceptors (Lipinski definition) is 4. The molecule has 0 saturated carbocycles. The van der Waals surface area contributed by atoms with Crippen LogP contribution >= 0.6 is 0 Å². The van der Waals surface area contributed by atoms with Gasteiger partial charge in [0, 0.05) is 32.3 Å². The number of ether oxygens (including phenoxy) is 2. The molecule has 2 saturated heterocycles. The maximum Gasteiger partial charge on any atom is 0.318 e. The van der Waals surface area contributed by atoms with E-state index in [0.717, 1.165) is 50.2 Å². The maximum atomic E-state index is 12.9. The number of likely N-dealkylation sites (tertiary alicyclic amines) is 2. The maximum absolute atomic E-state index is 12.9. The van der Waals surface area contributed by atoms with Gasteiger partial charge in [0.05, 0.1) is 19.8 Å². The smallest absolute Gasteiger partial charge is 0.318 e. The number of piperidine rings is 1. The van der Waals surface area contributed by atoms with Crippen molar-refractivity contribution < 1.29 is 14.3 Å². The number of nitrogens with zero attached hydrogens (tertiary/aromatic N) is 2. The van der Waals surface area contributed by atoms with Gasteiger partial charge in [-0.25, -0.2) is 4.79 Å². The Morgan fingerprint density at radius 3 is 2.56 bits per heavy atom. The van der Waals surface area contributed by atoms with Crippen molar-refractivity contribution in [2.45, 2.75) is 30.8 Å². The Kier molecular flexibility index (Phi) is 5.49. The minimum Gasteiger partial charge on any atom is -0.497 e. The van der Waals surface area contributed by atoms with Gasteiger partial charge in [0.15, 0.2) is 0 Å². The second kappa shape index (κ2) is 7.62. The summed E-state index contributed by atoms with van der Waals surface area (Å²) in [5.74, 6) is 0.781. The van der Waals surface area contributed by atoms with E-state index in [-0.39, 0.29) is 17.6 Å². The highest BCUT2D eigenvalue weighted by molar-refractivity contribution is 5.76. The molecule has 2 fully saturated rings. The topological polar surface area (TPSA) is 54.0 Å². The van der Waals surface area contributed by atoms with Crippen molar-refractivity contribution in [1.82, 2.24) is 15.1 Å². The summed E-state index contributed by atoms with van der Waals surface area (Å²) in [7, 11) is 5.45. The zero-order valence-corrected chi connectivity index (χ0v) is 15.5. The van der Waals surface area contributed by atoms with Crippen LogP contribution < -0.4 is 10.1 Å². The molecular formula is C19H29N3O3. The molecular weight excluding hydrogens is 318 g/mol. The first kappa shape index (κ1) is 18.0. The molecule has 1 unspecified atom stereocenters. The number of benzene rings is 1. The summed E-state index contributed by atoms with van der Waals surface area (Å²) in [6.07, 6.45) is 3.23. The van der Waals surface area contributed by atoms with Crippen LogP contribution in [0.4, 0.5) is 4.79 Å². The van der Waals surface area contributed by atoms with Crippen molar-refractivity contribution in [1.29, 1.82) is 0 Å². The molecule has 1 aromatic rings. The van der Waals surface area contributed by atoms with Crippen molar-refractivity contribution in [3.05, 3.63) is 29.8 Å². The molecule has 2 amide bonds. The van der Waals surface area contributed by atoms with E-state index in [1.807, 2.05) is 29.2 Å². The molecule has 6 heteroatoms. The Morgan fingerprint density at radius 2 is 1.96 bits per heavy atom. The number of methoxy groups -OCH3 is 2. The van der Waals surface area contributed by atoms with Crippen LogP contribution in [0.2, 0.25) is 0 Å². The van der Waals surface area contributed by atoms with Crippen LogP contribution in [0.5, 0.6) is 5.75 Å². The van der Waals surface area contributed by atoms with Crippen LogP contribution in [-0.4, -0.2) is 68.9 Å². The van der Waals surface area contributed by atoms with Gasteiger partial charge in [-0.15, -0.1) is 0 Å². The molecule has 2 aliphatic heterocycles.